The highest BCUT2D eigenvalue weighted by molar-refractivity contribution is 5.97. The number of benzene rings is 1. The van der Waals surface area contributed by atoms with Gasteiger partial charge in [0.15, 0.2) is 0 Å². The predicted octanol–water partition coefficient (Wildman–Crippen LogP) is 2.25. The van der Waals surface area contributed by atoms with Gasteiger partial charge in [0.2, 0.25) is 0 Å². The summed E-state index contributed by atoms with van der Waals surface area (Å²) in [6, 6.07) is 7.16. The van der Waals surface area contributed by atoms with Crippen LogP contribution in [0.25, 0.3) is 0 Å². The average Bonchev–Trinajstić information content (AvgIpc) is 2.92. The lowest BCUT2D eigenvalue weighted by molar-refractivity contribution is -0.00316. The van der Waals surface area contributed by atoms with Crippen LogP contribution in [0, 0.1) is 13.8 Å². The Morgan fingerprint density at radius 2 is 2.17 bits per heavy atom. The lowest BCUT2D eigenvalue weighted by Gasteiger charge is -2.36. The minimum atomic E-state index is -0.139. The van der Waals surface area contributed by atoms with Crippen LogP contribution in [0.1, 0.15) is 33.4 Å². The quantitative estimate of drug-likeness (QED) is 0.943. The number of morpholine rings is 1. The average molecular weight is 315 g/mol. The van der Waals surface area contributed by atoms with E-state index < -0.39 is 0 Å². The number of nitrogens with one attached hydrogen (secondary N) is 1. The van der Waals surface area contributed by atoms with Crippen LogP contribution in [-0.4, -0.2) is 47.9 Å². The smallest absolute Gasteiger partial charge is 0.258 e. The van der Waals surface area contributed by atoms with Gasteiger partial charge in [-0.3, -0.25) is 9.89 Å². The second-order valence-corrected chi connectivity index (χ2v) is 5.64. The molecule has 0 spiro atoms. The second-order valence-electron chi connectivity index (χ2n) is 5.64. The maximum Gasteiger partial charge on any atom is 0.258 e. The first kappa shape index (κ1) is 15.6. The molecule has 1 N–H and O–H groups in total. The third kappa shape index (κ3) is 2.82. The molecule has 1 aromatic heterocycles. The van der Waals surface area contributed by atoms with Gasteiger partial charge >= 0.3 is 0 Å². The van der Waals surface area contributed by atoms with E-state index in [1.807, 2.05) is 30.9 Å². The Morgan fingerprint density at radius 1 is 1.39 bits per heavy atom. The zero-order chi connectivity index (χ0) is 16.4. The molecule has 0 bridgehead atoms. The Labute approximate surface area is 135 Å². The molecule has 122 valence electrons. The van der Waals surface area contributed by atoms with Gasteiger partial charge in [-0.2, -0.15) is 5.10 Å². The van der Waals surface area contributed by atoms with Crippen molar-refractivity contribution >= 4 is 5.91 Å². The molecule has 1 amide bonds. The maximum absolute atomic E-state index is 13.1. The van der Waals surface area contributed by atoms with E-state index in [1.54, 1.807) is 19.2 Å². The number of methoxy groups -OCH3 is 1. The molecular formula is C17H21N3O3. The molecule has 0 aliphatic carbocycles. The number of para-hydroxylation sites is 1. The van der Waals surface area contributed by atoms with E-state index in [4.69, 9.17) is 9.47 Å². The minimum Gasteiger partial charge on any atom is -0.496 e. The molecule has 1 aromatic carbocycles. The van der Waals surface area contributed by atoms with Gasteiger partial charge in [-0.1, -0.05) is 12.1 Å². The normalized spacial score (nSPS) is 18.0. The highest BCUT2D eigenvalue weighted by Crippen LogP contribution is 2.31. The van der Waals surface area contributed by atoms with Gasteiger partial charge in [0.25, 0.3) is 5.91 Å². The number of ether oxygens (including phenoxy) is 2. The zero-order valence-electron chi connectivity index (χ0n) is 13.6. The first-order valence-corrected chi connectivity index (χ1v) is 7.66. The summed E-state index contributed by atoms with van der Waals surface area (Å²) in [5.41, 5.74) is 3.47. The molecular weight excluding hydrogens is 294 g/mol. The number of aryl methyl sites for hydroxylation is 2. The van der Waals surface area contributed by atoms with Crippen molar-refractivity contribution in [3.8, 4) is 5.75 Å². The molecule has 23 heavy (non-hydrogen) atoms. The molecule has 0 unspecified atom stereocenters. The lowest BCUT2D eigenvalue weighted by atomic mass is 10.0. The Kier molecular flexibility index (Phi) is 4.34. The molecule has 1 saturated heterocycles. The molecule has 1 atom stereocenters. The van der Waals surface area contributed by atoms with Crippen molar-refractivity contribution < 1.29 is 14.3 Å². The van der Waals surface area contributed by atoms with Crippen LogP contribution in [0.5, 0.6) is 5.75 Å². The standard InChI is InChI=1S/C17H21N3O3/c1-11-16(12(2)19-18-11)14-10-23-9-8-20(14)17(21)13-6-4-5-7-15(13)22-3/h4-7,14H,8-10H2,1-3H3,(H,18,19)/t14-/m1/s1. The molecule has 2 heterocycles. The number of carbonyl (C=O) groups excluding carboxylic acids is 1. The monoisotopic (exact) mass is 315 g/mol. The Balaban J connectivity index is 1.97. The number of aromatic nitrogens is 2. The summed E-state index contributed by atoms with van der Waals surface area (Å²) in [5, 5.41) is 7.24. The summed E-state index contributed by atoms with van der Waals surface area (Å²) in [6.45, 7) is 5.47. The van der Waals surface area contributed by atoms with Gasteiger partial charge < -0.3 is 14.4 Å². The van der Waals surface area contributed by atoms with Crippen LogP contribution in [-0.2, 0) is 4.74 Å². The van der Waals surface area contributed by atoms with Crippen LogP contribution in [0.4, 0.5) is 0 Å². The van der Waals surface area contributed by atoms with Crippen molar-refractivity contribution in [1.29, 1.82) is 0 Å². The van der Waals surface area contributed by atoms with E-state index in [0.29, 0.717) is 31.1 Å². The Morgan fingerprint density at radius 3 is 2.87 bits per heavy atom. The van der Waals surface area contributed by atoms with Gasteiger partial charge in [0, 0.05) is 17.8 Å². The molecule has 1 fully saturated rings. The van der Waals surface area contributed by atoms with E-state index in [9.17, 15) is 4.79 Å². The predicted molar refractivity (Wildman–Crippen MR) is 85.7 cm³/mol. The van der Waals surface area contributed by atoms with E-state index >= 15 is 0 Å². The number of amides is 1. The molecule has 6 nitrogen and oxygen atoms in total. The van der Waals surface area contributed by atoms with Gasteiger partial charge in [-0.05, 0) is 26.0 Å². The van der Waals surface area contributed by atoms with Gasteiger partial charge in [-0.25, -0.2) is 0 Å². The number of rotatable bonds is 3. The summed E-state index contributed by atoms with van der Waals surface area (Å²) in [7, 11) is 1.58. The van der Waals surface area contributed by atoms with Gasteiger partial charge in [-0.15, -0.1) is 0 Å². The Hall–Kier alpha value is -2.34. The molecule has 1 aliphatic heterocycles. The molecule has 3 rings (SSSR count). The topological polar surface area (TPSA) is 67.4 Å². The minimum absolute atomic E-state index is 0.0456. The van der Waals surface area contributed by atoms with Crippen molar-refractivity contribution in [1.82, 2.24) is 15.1 Å². The number of carbonyl (C=O) groups is 1. The number of H-pyrrole nitrogens is 1. The van der Waals surface area contributed by atoms with E-state index in [2.05, 4.69) is 10.2 Å². The van der Waals surface area contributed by atoms with E-state index in [0.717, 1.165) is 17.0 Å². The molecule has 6 heteroatoms. The summed E-state index contributed by atoms with van der Waals surface area (Å²) in [4.78, 5) is 14.9. The van der Waals surface area contributed by atoms with Crippen LogP contribution >= 0.6 is 0 Å². The fourth-order valence-electron chi connectivity index (χ4n) is 3.11. The highest BCUT2D eigenvalue weighted by atomic mass is 16.5. The van der Waals surface area contributed by atoms with Crippen molar-refractivity contribution in [3.63, 3.8) is 0 Å². The first-order valence-electron chi connectivity index (χ1n) is 7.66. The fraction of sp³-hybridized carbons (Fsp3) is 0.412. The summed E-state index contributed by atoms with van der Waals surface area (Å²) >= 11 is 0. The number of hydrogen-bond acceptors (Lipinski definition) is 4. The second kappa shape index (κ2) is 6.42. The van der Waals surface area contributed by atoms with Crippen LogP contribution < -0.4 is 4.74 Å². The number of aromatic amines is 1. The van der Waals surface area contributed by atoms with Gasteiger partial charge in [0.05, 0.1) is 37.6 Å². The fourth-order valence-corrected chi connectivity index (χ4v) is 3.11. The number of nitrogens with zero attached hydrogens (tertiary/aromatic N) is 2. The van der Waals surface area contributed by atoms with Crippen molar-refractivity contribution in [3.05, 3.63) is 46.8 Å². The molecule has 0 radical (unpaired) electrons. The summed E-state index contributed by atoms with van der Waals surface area (Å²) < 4.78 is 11.0. The van der Waals surface area contributed by atoms with E-state index in [1.165, 1.54) is 0 Å². The van der Waals surface area contributed by atoms with Crippen LogP contribution in [0.15, 0.2) is 24.3 Å². The zero-order valence-corrected chi connectivity index (χ0v) is 13.6. The first-order chi connectivity index (χ1) is 11.1. The van der Waals surface area contributed by atoms with Crippen molar-refractivity contribution in [2.24, 2.45) is 0 Å². The molecule has 2 aromatic rings. The van der Waals surface area contributed by atoms with Crippen LogP contribution in [0.3, 0.4) is 0 Å². The third-order valence-electron chi connectivity index (χ3n) is 4.25. The van der Waals surface area contributed by atoms with Gasteiger partial charge in [0.1, 0.15) is 5.75 Å². The molecule has 0 saturated carbocycles. The van der Waals surface area contributed by atoms with Crippen LogP contribution in [0.2, 0.25) is 0 Å². The SMILES string of the molecule is COc1ccccc1C(=O)N1CCOC[C@@H]1c1c(C)n[nH]c1C. The van der Waals surface area contributed by atoms with Crippen molar-refractivity contribution in [2.75, 3.05) is 26.9 Å². The van der Waals surface area contributed by atoms with Crippen molar-refractivity contribution in [2.45, 2.75) is 19.9 Å². The highest BCUT2D eigenvalue weighted by Gasteiger charge is 2.33. The molecule has 1 aliphatic rings. The maximum atomic E-state index is 13.1. The van der Waals surface area contributed by atoms with E-state index in [-0.39, 0.29) is 11.9 Å². The third-order valence-corrected chi connectivity index (χ3v) is 4.25. The number of hydrogen-bond donors (Lipinski definition) is 1. The summed E-state index contributed by atoms with van der Waals surface area (Å²) in [6.07, 6.45) is 0. The lowest BCUT2D eigenvalue weighted by Crippen LogP contribution is -2.43. The summed E-state index contributed by atoms with van der Waals surface area (Å²) in [5.74, 6) is 0.541. The largest absolute Gasteiger partial charge is 0.496 e. The Bertz CT molecular complexity index is 691.